The molecular weight excluding hydrogens is 662 g/mol. The minimum atomic E-state index is -4.15. The molecule has 1 atom stereocenters. The largest absolute Gasteiger partial charge is 0.494 e. The van der Waals surface area contributed by atoms with E-state index >= 15 is 0 Å². The van der Waals surface area contributed by atoms with Crippen molar-refractivity contribution in [2.45, 2.75) is 51.2 Å². The molecule has 2 amide bonds. The lowest BCUT2D eigenvalue weighted by molar-refractivity contribution is -0.139. The van der Waals surface area contributed by atoms with E-state index in [1.165, 1.54) is 17.0 Å². The number of hydrogen-bond donors (Lipinski definition) is 1. The summed E-state index contributed by atoms with van der Waals surface area (Å²) in [5.41, 5.74) is 1.08. The Bertz CT molecular complexity index is 1410. The number of amides is 2. The average molecular weight is 695 g/mol. The van der Waals surface area contributed by atoms with Crippen molar-refractivity contribution in [1.82, 2.24) is 10.2 Å². The highest BCUT2D eigenvalue weighted by Crippen LogP contribution is 2.27. The molecule has 3 aromatic carbocycles. The van der Waals surface area contributed by atoms with E-state index in [1.54, 1.807) is 43.3 Å². The number of ether oxygens (including phenoxy) is 1. The van der Waals surface area contributed by atoms with Gasteiger partial charge < -0.3 is 15.0 Å². The lowest BCUT2D eigenvalue weighted by Gasteiger charge is -2.32. The molecule has 0 aliphatic heterocycles. The van der Waals surface area contributed by atoms with Crippen LogP contribution in [0, 0.1) is 0 Å². The predicted octanol–water partition coefficient (Wildman–Crippen LogP) is 5.75. The van der Waals surface area contributed by atoms with E-state index in [2.05, 4.69) is 37.2 Å². The molecule has 8 nitrogen and oxygen atoms in total. The third kappa shape index (κ3) is 8.31. The number of halogens is 2. The standard InChI is InChI=1S/C29H33Br2N3O5S/c1-5-39-26-13-11-25(12-14-26)34(40(37,38)27-15-9-23(30)10-16-27)19-28(35)33(21(4)29(36)32-20(2)3)18-22-7-6-8-24(31)17-22/h6-17,20-21H,5,18-19H2,1-4H3,(H,32,36)/t21-/m0/s1. The SMILES string of the molecule is CCOc1ccc(N(CC(=O)N(Cc2cccc(Br)c2)[C@@H](C)C(=O)NC(C)C)S(=O)(=O)c2ccc(Br)cc2)cc1. The second kappa shape index (κ2) is 14.1. The number of anilines is 1. The van der Waals surface area contributed by atoms with Gasteiger partial charge in [0.25, 0.3) is 10.0 Å². The Morgan fingerprint density at radius 3 is 2.15 bits per heavy atom. The first-order valence-electron chi connectivity index (χ1n) is 12.8. The lowest BCUT2D eigenvalue weighted by Crippen LogP contribution is -2.52. The van der Waals surface area contributed by atoms with Gasteiger partial charge in [0.2, 0.25) is 11.8 Å². The van der Waals surface area contributed by atoms with Gasteiger partial charge in [-0.1, -0.05) is 44.0 Å². The highest BCUT2D eigenvalue weighted by molar-refractivity contribution is 9.10. The average Bonchev–Trinajstić information content (AvgIpc) is 2.90. The maximum atomic E-state index is 13.9. The number of hydrogen-bond acceptors (Lipinski definition) is 5. The minimum absolute atomic E-state index is 0.0292. The first kappa shape index (κ1) is 31.6. The van der Waals surface area contributed by atoms with Crippen LogP contribution in [0.3, 0.4) is 0 Å². The van der Waals surface area contributed by atoms with Gasteiger partial charge in [0.15, 0.2) is 0 Å². The molecule has 214 valence electrons. The molecule has 3 aromatic rings. The number of carbonyl (C=O) groups is 2. The normalized spacial score (nSPS) is 12.1. The third-order valence-corrected chi connectivity index (χ3v) is 8.77. The Morgan fingerprint density at radius 1 is 0.925 bits per heavy atom. The first-order chi connectivity index (χ1) is 18.9. The topological polar surface area (TPSA) is 96.0 Å². The second-order valence-corrected chi connectivity index (χ2v) is 13.1. The summed E-state index contributed by atoms with van der Waals surface area (Å²) in [5, 5.41) is 2.85. The summed E-state index contributed by atoms with van der Waals surface area (Å²) in [4.78, 5) is 28.4. The van der Waals surface area contributed by atoms with Crippen LogP contribution in [-0.4, -0.2) is 50.4 Å². The van der Waals surface area contributed by atoms with Gasteiger partial charge in [-0.3, -0.25) is 13.9 Å². The Kier molecular flexibility index (Phi) is 11.2. The molecule has 0 spiro atoms. The maximum absolute atomic E-state index is 13.9. The molecule has 0 aliphatic carbocycles. The summed E-state index contributed by atoms with van der Waals surface area (Å²) in [6.07, 6.45) is 0. The van der Waals surface area contributed by atoms with Crippen LogP contribution in [0.5, 0.6) is 5.75 Å². The molecule has 0 heterocycles. The molecule has 0 unspecified atom stereocenters. The number of nitrogens with one attached hydrogen (secondary N) is 1. The van der Waals surface area contributed by atoms with Crippen molar-refractivity contribution >= 4 is 59.4 Å². The molecule has 0 fully saturated rings. The first-order valence-corrected chi connectivity index (χ1v) is 15.8. The van der Waals surface area contributed by atoms with Gasteiger partial charge in [-0.25, -0.2) is 8.42 Å². The summed E-state index contributed by atoms with van der Waals surface area (Å²) >= 11 is 6.78. The van der Waals surface area contributed by atoms with Crippen molar-refractivity contribution in [3.05, 3.63) is 87.3 Å². The molecule has 11 heteroatoms. The van der Waals surface area contributed by atoms with Crippen molar-refractivity contribution in [2.75, 3.05) is 17.5 Å². The van der Waals surface area contributed by atoms with E-state index < -0.39 is 28.5 Å². The molecule has 0 bridgehead atoms. The molecule has 3 rings (SSSR count). The summed E-state index contributed by atoms with van der Waals surface area (Å²) < 4.78 is 35.9. The number of rotatable bonds is 12. The van der Waals surface area contributed by atoms with Gasteiger partial charge >= 0.3 is 0 Å². The van der Waals surface area contributed by atoms with Crippen LogP contribution in [-0.2, 0) is 26.2 Å². The monoisotopic (exact) mass is 693 g/mol. The smallest absolute Gasteiger partial charge is 0.264 e. The van der Waals surface area contributed by atoms with E-state index in [0.717, 1.165) is 18.8 Å². The summed E-state index contributed by atoms with van der Waals surface area (Å²) in [6, 6.07) is 19.1. The minimum Gasteiger partial charge on any atom is -0.494 e. The second-order valence-electron chi connectivity index (χ2n) is 9.38. The summed E-state index contributed by atoms with van der Waals surface area (Å²) in [7, 11) is -4.15. The van der Waals surface area contributed by atoms with Gasteiger partial charge in [-0.15, -0.1) is 0 Å². The van der Waals surface area contributed by atoms with Gasteiger partial charge in [0.05, 0.1) is 17.2 Å². The van der Waals surface area contributed by atoms with Crippen molar-refractivity contribution in [3.8, 4) is 5.75 Å². The van der Waals surface area contributed by atoms with Gasteiger partial charge in [-0.05, 0) is 93.9 Å². The fourth-order valence-electron chi connectivity index (χ4n) is 3.96. The number of nitrogens with zero attached hydrogens (tertiary/aromatic N) is 2. The molecule has 0 radical (unpaired) electrons. The lowest BCUT2D eigenvalue weighted by atomic mass is 10.1. The molecule has 0 aliphatic rings. The zero-order chi connectivity index (χ0) is 29.4. The Labute approximate surface area is 253 Å². The van der Waals surface area contributed by atoms with Crippen molar-refractivity contribution in [1.29, 1.82) is 0 Å². The number of sulfonamides is 1. The van der Waals surface area contributed by atoms with Gasteiger partial charge in [0, 0.05) is 21.5 Å². The van der Waals surface area contributed by atoms with Crippen LogP contribution in [0.25, 0.3) is 0 Å². The Hall–Kier alpha value is -2.89. The van der Waals surface area contributed by atoms with Gasteiger partial charge in [-0.2, -0.15) is 0 Å². The van der Waals surface area contributed by atoms with E-state index in [0.29, 0.717) is 18.0 Å². The highest BCUT2D eigenvalue weighted by atomic mass is 79.9. The Balaban J connectivity index is 2.03. The zero-order valence-corrected chi connectivity index (χ0v) is 26.8. The molecular formula is C29H33Br2N3O5S. The van der Waals surface area contributed by atoms with Crippen LogP contribution in [0.15, 0.2) is 86.6 Å². The Morgan fingerprint density at radius 2 is 1.57 bits per heavy atom. The quantitative estimate of drug-likeness (QED) is 0.261. The van der Waals surface area contributed by atoms with Crippen molar-refractivity contribution in [3.63, 3.8) is 0 Å². The van der Waals surface area contributed by atoms with Gasteiger partial charge in [0.1, 0.15) is 18.3 Å². The van der Waals surface area contributed by atoms with Crippen molar-refractivity contribution in [2.24, 2.45) is 0 Å². The molecule has 1 N–H and O–H groups in total. The van der Waals surface area contributed by atoms with Crippen molar-refractivity contribution < 1.29 is 22.7 Å². The number of benzene rings is 3. The molecule has 40 heavy (non-hydrogen) atoms. The van der Waals surface area contributed by atoms with Crippen LogP contribution >= 0.6 is 31.9 Å². The van der Waals surface area contributed by atoms with E-state index in [4.69, 9.17) is 4.74 Å². The summed E-state index contributed by atoms with van der Waals surface area (Å²) in [5.74, 6) is -0.281. The zero-order valence-electron chi connectivity index (χ0n) is 22.8. The molecule has 0 aromatic heterocycles. The molecule has 0 saturated carbocycles. The summed E-state index contributed by atoms with van der Waals surface area (Å²) in [6.45, 7) is 7.22. The maximum Gasteiger partial charge on any atom is 0.264 e. The van der Waals surface area contributed by atoms with Crippen LogP contribution in [0.1, 0.15) is 33.3 Å². The van der Waals surface area contributed by atoms with E-state index in [-0.39, 0.29) is 23.4 Å². The predicted molar refractivity (Wildman–Crippen MR) is 164 cm³/mol. The van der Waals surface area contributed by atoms with Crippen LogP contribution in [0.2, 0.25) is 0 Å². The fraction of sp³-hybridized carbons (Fsp3) is 0.310. The third-order valence-electron chi connectivity index (χ3n) is 5.96. The van der Waals surface area contributed by atoms with Crippen LogP contribution in [0.4, 0.5) is 5.69 Å². The fourth-order valence-corrected chi connectivity index (χ4v) is 6.08. The molecule has 0 saturated heterocycles. The highest BCUT2D eigenvalue weighted by Gasteiger charge is 2.32. The van der Waals surface area contributed by atoms with E-state index in [9.17, 15) is 18.0 Å². The van der Waals surface area contributed by atoms with Crippen LogP contribution < -0.4 is 14.4 Å². The number of carbonyl (C=O) groups excluding carboxylic acids is 2. The van der Waals surface area contributed by atoms with E-state index in [1.807, 2.05) is 45.0 Å².